The molecule has 1 aromatic heterocycles. The molecule has 2 heteroatoms. The Hall–Kier alpha value is -0.630. The predicted octanol–water partition coefficient (Wildman–Crippen LogP) is 2.82. The first kappa shape index (κ1) is 9.46. The van der Waals surface area contributed by atoms with E-state index < -0.39 is 0 Å². The van der Waals surface area contributed by atoms with E-state index in [1.807, 2.05) is 0 Å². The molecular formula is C10H14OS. The minimum Gasteiger partial charge on any atom is -0.303 e. The van der Waals surface area contributed by atoms with Crippen molar-refractivity contribution >= 4 is 17.6 Å². The molecular weight excluding hydrogens is 168 g/mol. The zero-order chi connectivity index (χ0) is 8.97. The molecule has 1 aromatic rings. The van der Waals surface area contributed by atoms with E-state index in [1.54, 1.807) is 11.3 Å². The number of hydrogen-bond acceptors (Lipinski definition) is 2. The topological polar surface area (TPSA) is 17.1 Å². The number of aldehydes is 1. The number of aryl methyl sites for hydroxylation is 1. The van der Waals surface area contributed by atoms with Crippen LogP contribution in [0.1, 0.15) is 23.1 Å². The summed E-state index contributed by atoms with van der Waals surface area (Å²) in [6, 6.07) is 4.23. The lowest BCUT2D eigenvalue weighted by atomic mass is 10.0. The Morgan fingerprint density at radius 3 is 2.75 bits per heavy atom. The molecule has 0 saturated carbocycles. The second-order valence-electron chi connectivity index (χ2n) is 3.02. The molecule has 0 aromatic carbocycles. The molecule has 0 fully saturated rings. The molecule has 0 aliphatic heterocycles. The molecule has 0 amide bonds. The van der Waals surface area contributed by atoms with Gasteiger partial charge in [0.1, 0.15) is 6.29 Å². The lowest BCUT2D eigenvalue weighted by Crippen LogP contribution is -2.02. The number of thiophene rings is 1. The summed E-state index contributed by atoms with van der Waals surface area (Å²) in [7, 11) is 0. The van der Waals surface area contributed by atoms with Crippen molar-refractivity contribution in [3.8, 4) is 0 Å². The molecule has 0 radical (unpaired) electrons. The Labute approximate surface area is 77.4 Å². The quantitative estimate of drug-likeness (QED) is 0.654. The van der Waals surface area contributed by atoms with Gasteiger partial charge in [0.15, 0.2) is 0 Å². The van der Waals surface area contributed by atoms with Crippen LogP contribution in [0.4, 0.5) is 0 Å². The van der Waals surface area contributed by atoms with Crippen LogP contribution in [-0.4, -0.2) is 6.29 Å². The molecule has 1 unspecified atom stereocenters. The van der Waals surface area contributed by atoms with Crippen LogP contribution >= 0.6 is 11.3 Å². The first-order valence-corrected chi connectivity index (χ1v) is 5.08. The SMILES string of the molecule is CCC(C=O)Cc1ccc(C)s1. The number of carbonyl (C=O) groups is 1. The number of rotatable bonds is 4. The van der Waals surface area contributed by atoms with Gasteiger partial charge < -0.3 is 4.79 Å². The number of carbonyl (C=O) groups excluding carboxylic acids is 1. The van der Waals surface area contributed by atoms with Gasteiger partial charge in [-0.05, 0) is 31.9 Å². The van der Waals surface area contributed by atoms with Crippen molar-refractivity contribution in [1.82, 2.24) is 0 Å². The van der Waals surface area contributed by atoms with E-state index in [0.29, 0.717) is 0 Å². The Morgan fingerprint density at radius 2 is 2.33 bits per heavy atom. The van der Waals surface area contributed by atoms with Gasteiger partial charge in [-0.15, -0.1) is 11.3 Å². The second kappa shape index (κ2) is 4.41. The standard InChI is InChI=1S/C10H14OS/c1-3-9(7-11)6-10-5-4-8(2)12-10/h4-5,7,9H,3,6H2,1-2H3. The van der Waals surface area contributed by atoms with Crippen molar-refractivity contribution < 1.29 is 4.79 Å². The summed E-state index contributed by atoms with van der Waals surface area (Å²) >= 11 is 1.79. The van der Waals surface area contributed by atoms with E-state index in [9.17, 15) is 4.79 Å². The van der Waals surface area contributed by atoms with Gasteiger partial charge in [0.25, 0.3) is 0 Å². The third kappa shape index (κ3) is 2.45. The van der Waals surface area contributed by atoms with Gasteiger partial charge in [0, 0.05) is 15.7 Å². The average molecular weight is 182 g/mol. The highest BCUT2D eigenvalue weighted by Gasteiger charge is 2.06. The van der Waals surface area contributed by atoms with E-state index in [4.69, 9.17) is 0 Å². The minimum absolute atomic E-state index is 0.211. The van der Waals surface area contributed by atoms with Gasteiger partial charge in [-0.2, -0.15) is 0 Å². The molecule has 1 nitrogen and oxygen atoms in total. The van der Waals surface area contributed by atoms with Crippen molar-refractivity contribution in [2.24, 2.45) is 5.92 Å². The van der Waals surface area contributed by atoms with Gasteiger partial charge in [0.05, 0.1) is 0 Å². The summed E-state index contributed by atoms with van der Waals surface area (Å²) in [6.45, 7) is 4.15. The van der Waals surface area contributed by atoms with E-state index in [1.165, 1.54) is 9.75 Å². The van der Waals surface area contributed by atoms with Crippen LogP contribution in [0, 0.1) is 12.8 Å². The van der Waals surface area contributed by atoms with E-state index in [-0.39, 0.29) is 5.92 Å². The van der Waals surface area contributed by atoms with E-state index in [0.717, 1.165) is 19.1 Å². The van der Waals surface area contributed by atoms with Crippen LogP contribution < -0.4 is 0 Å². The van der Waals surface area contributed by atoms with Gasteiger partial charge in [-0.25, -0.2) is 0 Å². The Bertz CT molecular complexity index is 252. The zero-order valence-electron chi connectivity index (χ0n) is 7.54. The smallest absolute Gasteiger partial charge is 0.123 e. The number of hydrogen-bond donors (Lipinski definition) is 0. The van der Waals surface area contributed by atoms with Crippen LogP contribution in [0.5, 0.6) is 0 Å². The first-order chi connectivity index (χ1) is 5.76. The van der Waals surface area contributed by atoms with Crippen LogP contribution in [-0.2, 0) is 11.2 Å². The molecule has 0 saturated heterocycles. The molecule has 1 atom stereocenters. The van der Waals surface area contributed by atoms with Crippen molar-refractivity contribution in [3.63, 3.8) is 0 Å². The van der Waals surface area contributed by atoms with E-state index in [2.05, 4.69) is 26.0 Å². The monoisotopic (exact) mass is 182 g/mol. The Balaban J connectivity index is 2.56. The van der Waals surface area contributed by atoms with Crippen LogP contribution in [0.3, 0.4) is 0 Å². The van der Waals surface area contributed by atoms with Crippen molar-refractivity contribution in [2.75, 3.05) is 0 Å². The largest absolute Gasteiger partial charge is 0.303 e. The maximum atomic E-state index is 10.6. The summed E-state index contributed by atoms with van der Waals surface area (Å²) in [4.78, 5) is 13.2. The van der Waals surface area contributed by atoms with Gasteiger partial charge in [-0.3, -0.25) is 0 Å². The van der Waals surface area contributed by atoms with E-state index >= 15 is 0 Å². The van der Waals surface area contributed by atoms with Gasteiger partial charge >= 0.3 is 0 Å². The molecule has 66 valence electrons. The molecule has 1 rings (SSSR count). The third-order valence-electron chi connectivity index (χ3n) is 1.98. The summed E-state index contributed by atoms with van der Waals surface area (Å²) in [5.74, 6) is 0.211. The third-order valence-corrected chi connectivity index (χ3v) is 3.00. The van der Waals surface area contributed by atoms with Crippen LogP contribution in [0.2, 0.25) is 0 Å². The lowest BCUT2D eigenvalue weighted by Gasteiger charge is -2.03. The molecule has 1 heterocycles. The van der Waals surface area contributed by atoms with Crippen LogP contribution in [0.15, 0.2) is 12.1 Å². The first-order valence-electron chi connectivity index (χ1n) is 4.27. The van der Waals surface area contributed by atoms with Gasteiger partial charge in [-0.1, -0.05) is 6.92 Å². The van der Waals surface area contributed by atoms with Crippen molar-refractivity contribution in [2.45, 2.75) is 26.7 Å². The fourth-order valence-corrected chi connectivity index (χ4v) is 2.13. The maximum absolute atomic E-state index is 10.6. The fourth-order valence-electron chi connectivity index (χ4n) is 1.14. The second-order valence-corrected chi connectivity index (χ2v) is 4.39. The van der Waals surface area contributed by atoms with Crippen molar-refractivity contribution in [3.05, 3.63) is 21.9 Å². The van der Waals surface area contributed by atoms with Crippen molar-refractivity contribution in [1.29, 1.82) is 0 Å². The summed E-state index contributed by atoms with van der Waals surface area (Å²) in [5.41, 5.74) is 0. The average Bonchev–Trinajstić information content (AvgIpc) is 2.47. The molecule has 0 aliphatic rings. The fraction of sp³-hybridized carbons (Fsp3) is 0.500. The predicted molar refractivity (Wildman–Crippen MR) is 52.6 cm³/mol. The van der Waals surface area contributed by atoms with Gasteiger partial charge in [0.2, 0.25) is 0 Å². The molecule has 0 N–H and O–H groups in total. The molecule has 0 aliphatic carbocycles. The zero-order valence-corrected chi connectivity index (χ0v) is 8.36. The molecule has 0 spiro atoms. The summed E-state index contributed by atoms with van der Waals surface area (Å²) < 4.78 is 0. The highest BCUT2D eigenvalue weighted by molar-refractivity contribution is 7.11. The summed E-state index contributed by atoms with van der Waals surface area (Å²) in [5, 5.41) is 0. The Morgan fingerprint density at radius 1 is 1.58 bits per heavy atom. The highest BCUT2D eigenvalue weighted by atomic mass is 32.1. The Kier molecular flexibility index (Phi) is 3.48. The normalized spacial score (nSPS) is 12.8. The molecule has 12 heavy (non-hydrogen) atoms. The maximum Gasteiger partial charge on any atom is 0.123 e. The minimum atomic E-state index is 0.211. The molecule has 0 bridgehead atoms. The highest BCUT2D eigenvalue weighted by Crippen LogP contribution is 2.19. The van der Waals surface area contributed by atoms with Crippen LogP contribution in [0.25, 0.3) is 0 Å². The summed E-state index contributed by atoms with van der Waals surface area (Å²) in [6.07, 6.45) is 2.92. The lowest BCUT2D eigenvalue weighted by molar-refractivity contribution is -0.111.